The van der Waals surface area contributed by atoms with Crippen molar-refractivity contribution in [2.45, 2.75) is 18.9 Å². The van der Waals surface area contributed by atoms with Crippen LogP contribution in [-0.4, -0.2) is 17.4 Å². The van der Waals surface area contributed by atoms with Gasteiger partial charge >= 0.3 is 0 Å². The second-order valence-electron chi connectivity index (χ2n) is 5.43. The molecular weight excluding hydrogens is 270 g/mol. The molecule has 0 radical (unpaired) electrons. The lowest BCUT2D eigenvalue weighted by molar-refractivity contribution is 0.0632. The number of hydrogen-bond acceptors (Lipinski definition) is 1. The van der Waals surface area contributed by atoms with E-state index in [2.05, 4.69) is 24.3 Å². The van der Waals surface area contributed by atoms with E-state index in [0.717, 1.165) is 30.5 Å². The van der Waals surface area contributed by atoms with Crippen LogP contribution in [0, 0.1) is 0 Å². The second-order valence-corrected chi connectivity index (χ2v) is 5.84. The van der Waals surface area contributed by atoms with Crippen molar-refractivity contribution in [2.24, 2.45) is 0 Å². The first-order chi connectivity index (χ1) is 9.75. The van der Waals surface area contributed by atoms with Crippen LogP contribution in [0.1, 0.15) is 33.1 Å². The molecule has 0 aliphatic carbocycles. The second kappa shape index (κ2) is 4.35. The van der Waals surface area contributed by atoms with Gasteiger partial charge in [-0.3, -0.25) is 4.79 Å². The van der Waals surface area contributed by atoms with Gasteiger partial charge in [0.25, 0.3) is 5.91 Å². The highest BCUT2D eigenvalue weighted by atomic mass is 35.5. The van der Waals surface area contributed by atoms with E-state index in [-0.39, 0.29) is 11.9 Å². The lowest BCUT2D eigenvalue weighted by Gasteiger charge is -2.41. The van der Waals surface area contributed by atoms with E-state index in [1.807, 2.05) is 23.1 Å². The monoisotopic (exact) mass is 283 g/mol. The number of amides is 1. The van der Waals surface area contributed by atoms with Crippen LogP contribution >= 0.6 is 11.6 Å². The molecule has 2 aromatic carbocycles. The number of hydrogen-bond donors (Lipinski definition) is 0. The highest BCUT2D eigenvalue weighted by Crippen LogP contribution is 2.39. The van der Waals surface area contributed by atoms with Crippen molar-refractivity contribution in [3.63, 3.8) is 0 Å². The van der Waals surface area contributed by atoms with E-state index in [9.17, 15) is 4.79 Å². The molecule has 0 fully saturated rings. The van der Waals surface area contributed by atoms with E-state index in [0.29, 0.717) is 5.02 Å². The predicted molar refractivity (Wildman–Crippen MR) is 79.1 cm³/mol. The van der Waals surface area contributed by atoms with Gasteiger partial charge in [0.05, 0.1) is 6.04 Å². The molecule has 2 heterocycles. The van der Waals surface area contributed by atoms with Gasteiger partial charge in [-0.25, -0.2) is 0 Å². The first-order valence-electron chi connectivity index (χ1n) is 6.92. The Hall–Kier alpha value is -1.80. The molecule has 0 saturated heterocycles. The Morgan fingerprint density at radius 2 is 1.95 bits per heavy atom. The van der Waals surface area contributed by atoms with Gasteiger partial charge in [-0.05, 0) is 41.7 Å². The summed E-state index contributed by atoms with van der Waals surface area (Å²) in [6, 6.07) is 14.2. The number of carbonyl (C=O) groups excluding carboxylic acids is 1. The summed E-state index contributed by atoms with van der Waals surface area (Å²) in [5.41, 5.74) is 4.40. The van der Waals surface area contributed by atoms with Crippen molar-refractivity contribution in [1.82, 2.24) is 4.90 Å². The van der Waals surface area contributed by atoms with E-state index in [4.69, 9.17) is 11.6 Å². The smallest absolute Gasteiger partial charge is 0.254 e. The fraction of sp³-hybridized carbons (Fsp3) is 0.235. The first kappa shape index (κ1) is 12.0. The van der Waals surface area contributed by atoms with Crippen LogP contribution in [0.4, 0.5) is 0 Å². The molecule has 2 aliphatic rings. The van der Waals surface area contributed by atoms with E-state index >= 15 is 0 Å². The number of benzene rings is 2. The quantitative estimate of drug-likeness (QED) is 0.723. The summed E-state index contributed by atoms with van der Waals surface area (Å²) in [5.74, 6) is 0.119. The van der Waals surface area contributed by atoms with Crippen LogP contribution in [0.15, 0.2) is 42.5 Å². The Bertz CT molecular complexity index is 710. The Balaban J connectivity index is 1.87. The van der Waals surface area contributed by atoms with Crippen LogP contribution in [0.25, 0.3) is 0 Å². The average molecular weight is 284 g/mol. The van der Waals surface area contributed by atoms with Crippen molar-refractivity contribution in [2.75, 3.05) is 6.54 Å². The minimum Gasteiger partial charge on any atom is -0.331 e. The number of rotatable bonds is 0. The summed E-state index contributed by atoms with van der Waals surface area (Å²) in [7, 11) is 0. The third-order valence-corrected chi connectivity index (χ3v) is 4.77. The molecule has 0 spiro atoms. The Kier molecular flexibility index (Phi) is 2.61. The molecule has 4 rings (SSSR count). The number of fused-ring (bicyclic) bond motifs is 4. The van der Waals surface area contributed by atoms with Crippen LogP contribution < -0.4 is 0 Å². The van der Waals surface area contributed by atoms with Gasteiger partial charge in [0.2, 0.25) is 0 Å². The summed E-state index contributed by atoms with van der Waals surface area (Å²) < 4.78 is 0. The Morgan fingerprint density at radius 3 is 2.85 bits per heavy atom. The van der Waals surface area contributed by atoms with Crippen molar-refractivity contribution in [3.8, 4) is 0 Å². The minimum atomic E-state index is 0.119. The lowest BCUT2D eigenvalue weighted by atomic mass is 9.84. The third kappa shape index (κ3) is 1.61. The zero-order valence-electron chi connectivity index (χ0n) is 11.0. The van der Waals surface area contributed by atoms with Crippen molar-refractivity contribution < 1.29 is 4.79 Å². The van der Waals surface area contributed by atoms with Crippen LogP contribution in [0.5, 0.6) is 0 Å². The SMILES string of the molecule is O=C1c2cccc(Cl)c2C[C@H]2c3ccccc3CCN12. The van der Waals surface area contributed by atoms with Gasteiger partial charge in [0.15, 0.2) is 0 Å². The summed E-state index contributed by atoms with van der Waals surface area (Å²) in [6.07, 6.45) is 1.76. The van der Waals surface area contributed by atoms with Gasteiger partial charge in [-0.15, -0.1) is 0 Å². The summed E-state index contributed by atoms with van der Waals surface area (Å²) in [5, 5.41) is 0.707. The fourth-order valence-corrected chi connectivity index (χ4v) is 3.68. The van der Waals surface area contributed by atoms with Gasteiger partial charge in [-0.2, -0.15) is 0 Å². The fourth-order valence-electron chi connectivity index (χ4n) is 3.43. The normalized spacial score (nSPS) is 20.1. The average Bonchev–Trinajstić information content (AvgIpc) is 2.48. The maximum Gasteiger partial charge on any atom is 0.254 e. The molecule has 0 aromatic heterocycles. The standard InChI is InChI=1S/C17H14ClNO/c18-15-7-3-6-13-14(15)10-16-12-5-2-1-4-11(12)8-9-19(16)17(13)20/h1-7,16H,8-10H2/t16-/m0/s1. The van der Waals surface area contributed by atoms with E-state index in [1.165, 1.54) is 11.1 Å². The van der Waals surface area contributed by atoms with Crippen molar-refractivity contribution in [1.29, 1.82) is 0 Å². The molecule has 0 N–H and O–H groups in total. The summed E-state index contributed by atoms with van der Waals surface area (Å²) >= 11 is 6.30. The summed E-state index contributed by atoms with van der Waals surface area (Å²) in [4.78, 5) is 14.7. The molecule has 1 amide bonds. The molecule has 100 valence electrons. The third-order valence-electron chi connectivity index (χ3n) is 4.42. The van der Waals surface area contributed by atoms with Crippen molar-refractivity contribution in [3.05, 3.63) is 69.7 Å². The molecule has 2 nitrogen and oxygen atoms in total. The van der Waals surface area contributed by atoms with Crippen molar-refractivity contribution >= 4 is 17.5 Å². The molecule has 2 aliphatic heterocycles. The first-order valence-corrected chi connectivity index (χ1v) is 7.29. The lowest BCUT2D eigenvalue weighted by Crippen LogP contribution is -2.44. The largest absolute Gasteiger partial charge is 0.331 e. The number of halogens is 1. The molecular formula is C17H14ClNO. The molecule has 2 aromatic rings. The minimum absolute atomic E-state index is 0.119. The maximum absolute atomic E-state index is 12.7. The van der Waals surface area contributed by atoms with Crippen LogP contribution in [-0.2, 0) is 12.8 Å². The molecule has 0 unspecified atom stereocenters. The van der Waals surface area contributed by atoms with Gasteiger partial charge in [0.1, 0.15) is 0 Å². The molecule has 20 heavy (non-hydrogen) atoms. The van der Waals surface area contributed by atoms with Gasteiger partial charge < -0.3 is 4.90 Å². The highest BCUT2D eigenvalue weighted by Gasteiger charge is 2.37. The zero-order valence-corrected chi connectivity index (χ0v) is 11.7. The molecule has 3 heteroatoms. The van der Waals surface area contributed by atoms with Gasteiger partial charge in [0, 0.05) is 17.1 Å². The Labute approximate surface area is 123 Å². The highest BCUT2D eigenvalue weighted by molar-refractivity contribution is 6.32. The molecule has 0 bridgehead atoms. The van der Waals surface area contributed by atoms with Crippen LogP contribution in [0.3, 0.4) is 0 Å². The number of nitrogens with zero attached hydrogens (tertiary/aromatic N) is 1. The zero-order chi connectivity index (χ0) is 13.7. The predicted octanol–water partition coefficient (Wildman–Crippen LogP) is 3.64. The van der Waals surface area contributed by atoms with Crippen LogP contribution in [0.2, 0.25) is 5.02 Å². The maximum atomic E-state index is 12.7. The number of carbonyl (C=O) groups is 1. The topological polar surface area (TPSA) is 20.3 Å². The Morgan fingerprint density at radius 1 is 1.10 bits per heavy atom. The van der Waals surface area contributed by atoms with E-state index in [1.54, 1.807) is 0 Å². The molecule has 0 saturated carbocycles. The summed E-state index contributed by atoms with van der Waals surface area (Å²) in [6.45, 7) is 0.798. The molecule has 1 atom stereocenters. The van der Waals surface area contributed by atoms with E-state index < -0.39 is 0 Å². The van der Waals surface area contributed by atoms with Gasteiger partial charge in [-0.1, -0.05) is 41.9 Å².